The van der Waals surface area contributed by atoms with Gasteiger partial charge in [0.05, 0.1) is 12.1 Å². The summed E-state index contributed by atoms with van der Waals surface area (Å²) in [6, 6.07) is 5.49. The summed E-state index contributed by atoms with van der Waals surface area (Å²) < 4.78 is 1.85. The zero-order valence-corrected chi connectivity index (χ0v) is 11.5. The van der Waals surface area contributed by atoms with E-state index in [0.29, 0.717) is 18.0 Å². The molecule has 0 aromatic carbocycles. The van der Waals surface area contributed by atoms with Gasteiger partial charge in [0, 0.05) is 12.7 Å². The molecule has 0 saturated carbocycles. The number of pyridine rings is 1. The second-order valence-corrected chi connectivity index (χ2v) is 5.23. The van der Waals surface area contributed by atoms with Gasteiger partial charge in [-0.25, -0.2) is 9.78 Å². The molecule has 2 aromatic rings. The molecule has 19 heavy (non-hydrogen) atoms. The maximum Gasteiger partial charge on any atom is 0.356 e. The van der Waals surface area contributed by atoms with Crippen LogP contribution in [0.4, 0.5) is 0 Å². The van der Waals surface area contributed by atoms with Crippen molar-refractivity contribution >= 4 is 11.5 Å². The number of imidazole rings is 1. The van der Waals surface area contributed by atoms with E-state index in [2.05, 4.69) is 23.7 Å². The Hall–Kier alpha value is -1.88. The van der Waals surface area contributed by atoms with Gasteiger partial charge in [-0.3, -0.25) is 4.90 Å². The zero-order chi connectivity index (χ0) is 14.0. The maximum atomic E-state index is 11.2. The van der Waals surface area contributed by atoms with E-state index < -0.39 is 5.97 Å². The van der Waals surface area contributed by atoms with Gasteiger partial charge in [0.2, 0.25) is 0 Å². The summed E-state index contributed by atoms with van der Waals surface area (Å²) in [4.78, 5) is 17.6. The van der Waals surface area contributed by atoms with Gasteiger partial charge in [0.15, 0.2) is 5.69 Å². The van der Waals surface area contributed by atoms with Crippen LogP contribution in [0, 0.1) is 5.92 Å². The van der Waals surface area contributed by atoms with Crippen LogP contribution in [0.25, 0.3) is 5.52 Å². The number of carboxylic acids is 1. The Labute approximate surface area is 112 Å². The van der Waals surface area contributed by atoms with E-state index in [1.54, 1.807) is 6.07 Å². The summed E-state index contributed by atoms with van der Waals surface area (Å²) in [6.07, 6.45) is 1.85. The Bertz CT molecular complexity index is 589. The smallest absolute Gasteiger partial charge is 0.356 e. The van der Waals surface area contributed by atoms with Crippen LogP contribution in [-0.4, -0.2) is 39.0 Å². The van der Waals surface area contributed by atoms with E-state index in [9.17, 15) is 9.90 Å². The summed E-state index contributed by atoms with van der Waals surface area (Å²) in [7, 11) is 2.02. The second-order valence-electron chi connectivity index (χ2n) is 5.23. The van der Waals surface area contributed by atoms with Crippen molar-refractivity contribution in [2.24, 2.45) is 5.92 Å². The zero-order valence-electron chi connectivity index (χ0n) is 11.5. The first kappa shape index (κ1) is 13.5. The maximum absolute atomic E-state index is 11.2. The highest BCUT2D eigenvalue weighted by molar-refractivity contribution is 5.93. The van der Waals surface area contributed by atoms with Crippen LogP contribution in [0.1, 0.15) is 30.2 Å². The first-order chi connectivity index (χ1) is 8.99. The van der Waals surface area contributed by atoms with Crippen molar-refractivity contribution in [3.8, 4) is 0 Å². The summed E-state index contributed by atoms with van der Waals surface area (Å²) in [6.45, 7) is 5.90. The van der Waals surface area contributed by atoms with Crippen LogP contribution in [-0.2, 0) is 6.54 Å². The fraction of sp³-hybridized carbons (Fsp3) is 0.429. The number of aromatic nitrogens is 2. The van der Waals surface area contributed by atoms with Gasteiger partial charge in [-0.1, -0.05) is 19.9 Å². The average Bonchev–Trinajstić information content (AvgIpc) is 2.67. The van der Waals surface area contributed by atoms with E-state index in [-0.39, 0.29) is 5.69 Å². The Morgan fingerprint density at radius 3 is 2.84 bits per heavy atom. The number of carboxylic acid groups (broad SMARTS) is 1. The normalized spacial score (nSPS) is 11.6. The van der Waals surface area contributed by atoms with Gasteiger partial charge in [-0.15, -0.1) is 0 Å². The van der Waals surface area contributed by atoms with Crippen LogP contribution in [0.3, 0.4) is 0 Å². The molecule has 0 spiro atoms. The third-order valence-electron chi connectivity index (χ3n) is 2.91. The molecule has 2 aromatic heterocycles. The molecule has 0 aliphatic heterocycles. The number of hydrogen-bond donors (Lipinski definition) is 1. The Morgan fingerprint density at radius 1 is 1.47 bits per heavy atom. The van der Waals surface area contributed by atoms with Gasteiger partial charge < -0.3 is 9.51 Å². The van der Waals surface area contributed by atoms with E-state index >= 15 is 0 Å². The molecule has 0 radical (unpaired) electrons. The van der Waals surface area contributed by atoms with Crippen LogP contribution >= 0.6 is 0 Å². The third-order valence-corrected chi connectivity index (χ3v) is 2.91. The topological polar surface area (TPSA) is 57.8 Å². The second kappa shape index (κ2) is 5.40. The largest absolute Gasteiger partial charge is 0.476 e. The molecule has 1 N–H and O–H groups in total. The number of nitrogens with zero attached hydrogens (tertiary/aromatic N) is 3. The molecule has 0 fully saturated rings. The molecule has 2 rings (SSSR count). The van der Waals surface area contributed by atoms with Crippen LogP contribution in [0.5, 0.6) is 0 Å². The quantitative estimate of drug-likeness (QED) is 0.895. The lowest BCUT2D eigenvalue weighted by molar-refractivity contribution is 0.0693. The molecule has 0 aliphatic carbocycles. The van der Waals surface area contributed by atoms with Gasteiger partial charge in [0.1, 0.15) is 5.82 Å². The lowest BCUT2D eigenvalue weighted by atomic mass is 10.2. The third kappa shape index (κ3) is 2.93. The standard InChI is InChI=1S/C14H19N3O2/c1-10(2)8-16(3)9-12-15-13(14(18)19)11-6-4-5-7-17(11)12/h4-7,10H,8-9H2,1-3H3,(H,18,19). The SMILES string of the molecule is CC(C)CN(C)Cc1nc(C(=O)O)c2ccccn12. The summed E-state index contributed by atoms with van der Waals surface area (Å²) in [5.41, 5.74) is 0.761. The lowest BCUT2D eigenvalue weighted by Gasteiger charge is -2.17. The molecular weight excluding hydrogens is 242 g/mol. The Balaban J connectivity index is 2.35. The molecule has 0 saturated heterocycles. The predicted octanol–water partition coefficient (Wildman–Crippen LogP) is 2.12. The van der Waals surface area contributed by atoms with E-state index in [4.69, 9.17) is 0 Å². The fourth-order valence-corrected chi connectivity index (χ4v) is 2.30. The minimum Gasteiger partial charge on any atom is -0.476 e. The van der Waals surface area contributed by atoms with Crippen molar-refractivity contribution in [3.63, 3.8) is 0 Å². The van der Waals surface area contributed by atoms with E-state index in [0.717, 1.165) is 12.4 Å². The van der Waals surface area contributed by atoms with Gasteiger partial charge in [-0.2, -0.15) is 0 Å². The molecule has 5 heteroatoms. The van der Waals surface area contributed by atoms with Crippen molar-refractivity contribution in [1.29, 1.82) is 0 Å². The Morgan fingerprint density at radius 2 is 2.21 bits per heavy atom. The molecule has 0 bridgehead atoms. The van der Waals surface area contributed by atoms with Crippen LogP contribution < -0.4 is 0 Å². The lowest BCUT2D eigenvalue weighted by Crippen LogP contribution is -2.23. The first-order valence-electron chi connectivity index (χ1n) is 6.37. The summed E-state index contributed by atoms with van der Waals surface area (Å²) in [5.74, 6) is 0.341. The fourth-order valence-electron chi connectivity index (χ4n) is 2.30. The molecule has 2 heterocycles. The van der Waals surface area contributed by atoms with Crippen molar-refractivity contribution in [1.82, 2.24) is 14.3 Å². The number of aromatic carboxylic acids is 1. The predicted molar refractivity (Wildman–Crippen MR) is 73.3 cm³/mol. The molecule has 5 nitrogen and oxygen atoms in total. The summed E-state index contributed by atoms with van der Waals surface area (Å²) >= 11 is 0. The van der Waals surface area contributed by atoms with Crippen molar-refractivity contribution in [2.75, 3.05) is 13.6 Å². The minimum absolute atomic E-state index is 0.119. The molecule has 0 unspecified atom stereocenters. The average molecular weight is 261 g/mol. The molecule has 102 valence electrons. The molecule has 0 amide bonds. The number of rotatable bonds is 5. The van der Waals surface area contributed by atoms with Crippen LogP contribution in [0.2, 0.25) is 0 Å². The van der Waals surface area contributed by atoms with E-state index in [1.807, 2.05) is 29.8 Å². The molecular formula is C14H19N3O2. The molecule has 0 atom stereocenters. The molecule has 0 aliphatic rings. The number of fused-ring (bicyclic) bond motifs is 1. The van der Waals surface area contributed by atoms with Crippen molar-refractivity contribution in [3.05, 3.63) is 35.9 Å². The minimum atomic E-state index is -0.985. The van der Waals surface area contributed by atoms with Crippen LogP contribution in [0.15, 0.2) is 24.4 Å². The van der Waals surface area contributed by atoms with Crippen molar-refractivity contribution < 1.29 is 9.90 Å². The van der Waals surface area contributed by atoms with Gasteiger partial charge in [-0.05, 0) is 25.1 Å². The van der Waals surface area contributed by atoms with Gasteiger partial charge in [0.25, 0.3) is 0 Å². The Kier molecular flexibility index (Phi) is 3.85. The van der Waals surface area contributed by atoms with Crippen molar-refractivity contribution in [2.45, 2.75) is 20.4 Å². The van der Waals surface area contributed by atoms with E-state index in [1.165, 1.54) is 0 Å². The highest BCUT2D eigenvalue weighted by atomic mass is 16.4. The number of hydrogen-bond acceptors (Lipinski definition) is 3. The number of carbonyl (C=O) groups is 1. The van der Waals surface area contributed by atoms with Gasteiger partial charge >= 0.3 is 5.97 Å². The summed E-state index contributed by atoms with van der Waals surface area (Å²) in [5, 5.41) is 9.19. The highest BCUT2D eigenvalue weighted by Gasteiger charge is 2.17. The monoisotopic (exact) mass is 261 g/mol. The first-order valence-corrected chi connectivity index (χ1v) is 6.37. The highest BCUT2D eigenvalue weighted by Crippen LogP contribution is 2.14.